The van der Waals surface area contributed by atoms with Gasteiger partial charge in [-0.25, -0.2) is 0 Å². The summed E-state index contributed by atoms with van der Waals surface area (Å²) in [5.74, 6) is 0. The molecule has 8 aromatic carbocycles. The molecule has 54 heavy (non-hydrogen) atoms. The zero-order valence-corrected chi connectivity index (χ0v) is 31.1. The molecule has 0 atom stereocenters. The van der Waals surface area contributed by atoms with Crippen LogP contribution in [-0.4, -0.2) is 24.3 Å². The zero-order chi connectivity index (χ0) is 35.7. The van der Waals surface area contributed by atoms with Gasteiger partial charge in [0.05, 0.1) is 11.0 Å². The first-order chi connectivity index (χ1) is 26.6. The average molecular weight is 706 g/mol. The molecule has 2 aliphatic rings. The minimum Gasteiger partial charge on any atom is -0.345 e. The summed E-state index contributed by atoms with van der Waals surface area (Å²) >= 11 is 0. The topological polar surface area (TPSA) is 13.1 Å². The molecule has 4 heterocycles. The molecular weight excluding hydrogens is 671 g/mol. The molecule has 0 fully saturated rings. The van der Waals surface area contributed by atoms with Crippen LogP contribution in [0.3, 0.4) is 0 Å². The van der Waals surface area contributed by atoms with Crippen molar-refractivity contribution in [1.29, 1.82) is 0 Å². The molecule has 0 aliphatic carbocycles. The highest BCUT2D eigenvalue weighted by atomic mass is 28.3. The second-order valence-corrected chi connectivity index (χ2v) is 18.7. The van der Waals surface area contributed by atoms with Gasteiger partial charge in [0.15, 0.2) is 8.07 Å². The summed E-state index contributed by atoms with van der Waals surface area (Å²) in [7, 11) is 1.90. The number of nitrogens with zero attached hydrogens (tertiary/aromatic N) is 3. The molecule has 10 aromatic rings. The normalized spacial score (nSPS) is 13.9. The van der Waals surface area contributed by atoms with Crippen LogP contribution in [0.25, 0.3) is 71.6 Å². The van der Waals surface area contributed by atoms with Gasteiger partial charge in [0.25, 0.3) is 0 Å². The minimum absolute atomic E-state index is 1.18. The Balaban J connectivity index is 1.04. The van der Waals surface area contributed by atoms with Crippen molar-refractivity contribution in [3.05, 3.63) is 176 Å². The lowest BCUT2D eigenvalue weighted by Gasteiger charge is -2.42. The minimum atomic E-state index is -2.55. The van der Waals surface area contributed by atoms with Gasteiger partial charge in [-0.15, -0.1) is 0 Å². The number of anilines is 2. The second-order valence-electron chi connectivity index (χ2n) is 15.0. The Morgan fingerprint density at radius 2 is 0.926 bits per heavy atom. The molecule has 1 spiro atoms. The van der Waals surface area contributed by atoms with E-state index in [1.54, 1.807) is 0 Å². The molecule has 0 amide bonds. The summed E-state index contributed by atoms with van der Waals surface area (Å²) in [6, 6.07) is 66.2. The van der Waals surface area contributed by atoms with E-state index in [0.29, 0.717) is 0 Å². The number of fused-ring (bicyclic) bond motifs is 15. The number of hydrogen-bond acceptors (Lipinski definition) is 1. The molecule has 0 bridgehead atoms. The summed E-state index contributed by atoms with van der Waals surface area (Å²) in [5, 5.41) is 11.0. The Morgan fingerprint density at radius 1 is 0.370 bits per heavy atom. The van der Waals surface area contributed by atoms with E-state index >= 15 is 0 Å². The summed E-state index contributed by atoms with van der Waals surface area (Å²) in [5.41, 5.74) is 14.0. The van der Waals surface area contributed by atoms with Crippen molar-refractivity contribution in [2.24, 2.45) is 7.05 Å². The van der Waals surface area contributed by atoms with Gasteiger partial charge < -0.3 is 14.0 Å². The van der Waals surface area contributed by atoms with Crippen molar-refractivity contribution in [2.45, 2.75) is 0 Å². The number of para-hydroxylation sites is 3. The largest absolute Gasteiger partial charge is 0.345 e. The van der Waals surface area contributed by atoms with E-state index in [1.807, 2.05) is 0 Å². The third-order valence-corrected chi connectivity index (χ3v) is 17.5. The number of aromatic nitrogens is 2. The molecule has 0 saturated carbocycles. The van der Waals surface area contributed by atoms with Gasteiger partial charge >= 0.3 is 0 Å². The average Bonchev–Trinajstić information content (AvgIpc) is 3.83. The van der Waals surface area contributed by atoms with E-state index in [4.69, 9.17) is 0 Å². The van der Waals surface area contributed by atoms with Crippen LogP contribution < -0.4 is 25.6 Å². The van der Waals surface area contributed by atoms with E-state index in [1.165, 1.54) is 104 Å². The first-order valence-electron chi connectivity index (χ1n) is 18.8. The maximum Gasteiger partial charge on any atom is 0.185 e. The molecule has 0 N–H and O–H groups in total. The highest BCUT2D eigenvalue weighted by molar-refractivity contribution is 7.23. The molecule has 0 unspecified atom stereocenters. The molecule has 2 aromatic heterocycles. The van der Waals surface area contributed by atoms with Crippen molar-refractivity contribution in [3.63, 3.8) is 0 Å². The predicted octanol–water partition coefficient (Wildman–Crippen LogP) is 9.53. The molecule has 3 nitrogen and oxygen atoms in total. The van der Waals surface area contributed by atoms with Crippen molar-refractivity contribution >= 4 is 83.8 Å². The maximum atomic E-state index is 2.46. The molecule has 0 saturated heterocycles. The monoisotopic (exact) mass is 705 g/mol. The van der Waals surface area contributed by atoms with Gasteiger partial charge in [-0.2, -0.15) is 0 Å². The molecule has 12 rings (SSSR count). The van der Waals surface area contributed by atoms with E-state index in [9.17, 15) is 0 Å². The summed E-state index contributed by atoms with van der Waals surface area (Å²) in [6.45, 7) is 0. The van der Waals surface area contributed by atoms with Crippen LogP contribution in [0.5, 0.6) is 0 Å². The van der Waals surface area contributed by atoms with Gasteiger partial charge in [-0.3, -0.25) is 0 Å². The molecular formula is C50H35N3Si. The zero-order valence-electron chi connectivity index (χ0n) is 30.1. The van der Waals surface area contributed by atoms with Crippen LogP contribution >= 0.6 is 0 Å². The smallest absolute Gasteiger partial charge is 0.185 e. The molecule has 2 aliphatic heterocycles. The predicted molar refractivity (Wildman–Crippen MR) is 231 cm³/mol. The third-order valence-electron chi connectivity index (χ3n) is 12.5. The van der Waals surface area contributed by atoms with Crippen LogP contribution in [0.15, 0.2) is 176 Å². The van der Waals surface area contributed by atoms with Crippen molar-refractivity contribution in [1.82, 2.24) is 9.13 Å². The lowest BCUT2D eigenvalue weighted by Crippen LogP contribution is -2.75. The van der Waals surface area contributed by atoms with Crippen molar-refractivity contribution < 1.29 is 0 Å². The molecule has 254 valence electrons. The van der Waals surface area contributed by atoms with Gasteiger partial charge in [0.2, 0.25) is 0 Å². The van der Waals surface area contributed by atoms with Gasteiger partial charge in [-0.1, -0.05) is 127 Å². The van der Waals surface area contributed by atoms with Gasteiger partial charge in [-0.05, 0) is 91.5 Å². The fourth-order valence-corrected chi connectivity index (χ4v) is 15.8. The van der Waals surface area contributed by atoms with Crippen LogP contribution in [-0.2, 0) is 7.05 Å². The highest BCUT2D eigenvalue weighted by Crippen LogP contribution is 2.40. The molecule has 4 heteroatoms. The van der Waals surface area contributed by atoms with Crippen LogP contribution in [0, 0.1) is 0 Å². The fraction of sp³-hybridized carbons (Fsp3) is 0.0400. The third kappa shape index (κ3) is 3.70. The SMILES string of the molecule is CN1c2ccccc2[Si]2(c3ccccc3-c3ccccc32)c2ccc(-c3ccc4c5cc(-n6c7ccccc7c7ccccc76)ccc5n(C)c4c3)cc21. The Hall–Kier alpha value is -6.62. The van der Waals surface area contributed by atoms with Crippen molar-refractivity contribution in [3.8, 4) is 27.9 Å². The fourth-order valence-electron chi connectivity index (χ4n) is 10.2. The summed E-state index contributed by atoms with van der Waals surface area (Å²) < 4.78 is 4.77. The summed E-state index contributed by atoms with van der Waals surface area (Å²) in [4.78, 5) is 2.43. The first kappa shape index (κ1) is 29.9. The van der Waals surface area contributed by atoms with Crippen molar-refractivity contribution in [2.75, 3.05) is 11.9 Å². The number of aryl methyl sites for hydroxylation is 1. The Labute approximate surface area is 314 Å². The molecule has 0 radical (unpaired) electrons. The van der Waals surface area contributed by atoms with Crippen LogP contribution in [0.4, 0.5) is 11.4 Å². The first-order valence-corrected chi connectivity index (χ1v) is 20.8. The summed E-state index contributed by atoms with van der Waals surface area (Å²) in [6.07, 6.45) is 0. The Morgan fingerprint density at radius 3 is 1.65 bits per heavy atom. The van der Waals surface area contributed by atoms with E-state index in [0.717, 1.165) is 0 Å². The van der Waals surface area contributed by atoms with E-state index in [-0.39, 0.29) is 0 Å². The number of rotatable bonds is 2. The second kappa shape index (κ2) is 10.7. The van der Waals surface area contributed by atoms with Crippen LogP contribution in [0.1, 0.15) is 0 Å². The Bertz CT molecular complexity index is 3120. The maximum absolute atomic E-state index is 2.55. The lowest BCUT2D eigenvalue weighted by atomic mass is 10.0. The van der Waals surface area contributed by atoms with E-state index in [2.05, 4.69) is 204 Å². The van der Waals surface area contributed by atoms with Gasteiger partial charge in [0.1, 0.15) is 0 Å². The van der Waals surface area contributed by atoms with Crippen LogP contribution in [0.2, 0.25) is 0 Å². The van der Waals surface area contributed by atoms with E-state index < -0.39 is 8.07 Å². The quantitative estimate of drug-likeness (QED) is 0.163. The highest BCUT2D eigenvalue weighted by Gasteiger charge is 2.53. The number of hydrogen-bond donors (Lipinski definition) is 0. The van der Waals surface area contributed by atoms with Gasteiger partial charge in [0, 0.05) is 63.7 Å². The Kier molecular flexibility index (Phi) is 5.94. The number of benzene rings is 8. The lowest BCUT2D eigenvalue weighted by molar-refractivity contribution is 1.01. The standard InChI is InChI=1S/C50H35N3Si/c1-51-41-27-25-34(53-42-17-7-3-13-35(42)36-14-4-8-18-43(36)53)31-40(41)37-26-23-32(29-45(37)51)33-24-28-50-46(30-33)52(2)44-19-9-12-22-49(44)54(50)47-20-10-5-15-38(47)39-16-6-11-21-48(39)54/h3-31H,1-2H3.